The van der Waals surface area contributed by atoms with Gasteiger partial charge in [0.15, 0.2) is 0 Å². The van der Waals surface area contributed by atoms with E-state index in [-0.39, 0.29) is 0 Å². The Balaban J connectivity index is 2.19. The zero-order valence-electron chi connectivity index (χ0n) is 9.73. The fourth-order valence-corrected chi connectivity index (χ4v) is 2.49. The third kappa shape index (κ3) is 2.71. The van der Waals surface area contributed by atoms with Crippen molar-refractivity contribution in [2.24, 2.45) is 0 Å². The van der Waals surface area contributed by atoms with E-state index >= 15 is 0 Å². The second-order valence-corrected chi connectivity index (χ2v) is 5.17. The van der Waals surface area contributed by atoms with Crippen LogP contribution in [0.2, 0.25) is 0 Å². The average molecular weight is 285 g/mol. The first-order chi connectivity index (χ1) is 7.66. The van der Waals surface area contributed by atoms with Gasteiger partial charge in [-0.15, -0.1) is 0 Å². The minimum absolute atomic E-state index is 0.495. The minimum Gasteiger partial charge on any atom is -0.352 e. The highest BCUT2D eigenvalue weighted by molar-refractivity contribution is 9.10. The van der Waals surface area contributed by atoms with E-state index in [1.165, 1.54) is 6.42 Å². The van der Waals surface area contributed by atoms with Crippen LogP contribution in [0.1, 0.15) is 13.3 Å². The van der Waals surface area contributed by atoms with Crippen LogP contribution in [0.25, 0.3) is 0 Å². The van der Waals surface area contributed by atoms with Crippen LogP contribution < -0.4 is 4.90 Å². The monoisotopic (exact) mass is 284 g/mol. The van der Waals surface area contributed by atoms with Gasteiger partial charge in [0.05, 0.1) is 0 Å². The lowest BCUT2D eigenvalue weighted by Crippen LogP contribution is -2.38. The van der Waals surface area contributed by atoms with Crippen molar-refractivity contribution in [2.45, 2.75) is 19.4 Å². The summed E-state index contributed by atoms with van der Waals surface area (Å²) in [5, 5.41) is 0. The summed E-state index contributed by atoms with van der Waals surface area (Å²) in [5.74, 6) is 1.02. The average Bonchev–Trinajstić information content (AvgIpc) is 2.39. The lowest BCUT2D eigenvalue weighted by atomic mass is 10.2. The van der Waals surface area contributed by atoms with Crippen LogP contribution in [0.5, 0.6) is 0 Å². The Morgan fingerprint density at radius 3 is 2.94 bits per heavy atom. The zero-order valence-corrected chi connectivity index (χ0v) is 11.3. The Bertz CT molecular complexity index is 358. The van der Waals surface area contributed by atoms with E-state index in [4.69, 9.17) is 0 Å². The van der Waals surface area contributed by atoms with Crippen LogP contribution in [-0.2, 0) is 0 Å². The third-order valence-corrected chi connectivity index (χ3v) is 3.39. The molecule has 0 aromatic carbocycles. The Labute approximate surface area is 105 Å². The van der Waals surface area contributed by atoms with Gasteiger partial charge in [0.25, 0.3) is 0 Å². The molecule has 2 heterocycles. The first-order valence-electron chi connectivity index (χ1n) is 5.59. The highest BCUT2D eigenvalue weighted by Crippen LogP contribution is 2.19. The lowest BCUT2D eigenvalue weighted by Gasteiger charge is -2.28. The fraction of sp³-hybridized carbons (Fsp3) is 0.636. The van der Waals surface area contributed by atoms with Crippen LogP contribution in [0, 0.1) is 0 Å². The van der Waals surface area contributed by atoms with E-state index in [0.717, 1.165) is 30.1 Å². The van der Waals surface area contributed by atoms with Crippen LogP contribution >= 0.6 is 15.9 Å². The molecule has 0 N–H and O–H groups in total. The maximum atomic E-state index is 4.35. The quantitative estimate of drug-likeness (QED) is 0.736. The highest BCUT2D eigenvalue weighted by Gasteiger charge is 2.20. The molecule has 2 rings (SSSR count). The topological polar surface area (TPSA) is 32.3 Å². The molecule has 1 fully saturated rings. The number of hydrogen-bond acceptors (Lipinski definition) is 4. The maximum absolute atomic E-state index is 4.35. The van der Waals surface area contributed by atoms with Gasteiger partial charge in [0.1, 0.15) is 16.7 Å². The van der Waals surface area contributed by atoms with Gasteiger partial charge >= 0.3 is 0 Å². The molecule has 1 saturated heterocycles. The molecule has 0 amide bonds. The number of rotatable bonds is 1. The molecule has 0 saturated carbocycles. The lowest BCUT2D eigenvalue weighted by molar-refractivity contribution is 0.337. The molecule has 5 heteroatoms. The van der Waals surface area contributed by atoms with Gasteiger partial charge in [-0.25, -0.2) is 9.97 Å². The van der Waals surface area contributed by atoms with Crippen molar-refractivity contribution in [3.8, 4) is 0 Å². The number of likely N-dealkylation sites (N-methyl/N-ethyl adjacent to an activating group) is 1. The van der Waals surface area contributed by atoms with Crippen molar-refractivity contribution in [1.29, 1.82) is 0 Å². The van der Waals surface area contributed by atoms with Gasteiger partial charge in [-0.2, -0.15) is 0 Å². The Hall–Kier alpha value is -0.680. The summed E-state index contributed by atoms with van der Waals surface area (Å²) in [5.41, 5.74) is 0. The smallest absolute Gasteiger partial charge is 0.133 e. The van der Waals surface area contributed by atoms with Crippen molar-refractivity contribution < 1.29 is 0 Å². The summed E-state index contributed by atoms with van der Waals surface area (Å²) >= 11 is 3.39. The van der Waals surface area contributed by atoms with E-state index in [1.807, 2.05) is 6.07 Å². The van der Waals surface area contributed by atoms with Crippen LogP contribution in [0.15, 0.2) is 17.0 Å². The summed E-state index contributed by atoms with van der Waals surface area (Å²) in [4.78, 5) is 13.1. The highest BCUT2D eigenvalue weighted by atomic mass is 79.9. The molecule has 0 radical (unpaired) electrons. The van der Waals surface area contributed by atoms with Crippen molar-refractivity contribution >= 4 is 21.7 Å². The van der Waals surface area contributed by atoms with E-state index in [0.29, 0.717) is 6.04 Å². The normalized spacial score (nSPS) is 23.2. The van der Waals surface area contributed by atoms with Crippen LogP contribution in [-0.4, -0.2) is 47.6 Å². The molecule has 0 bridgehead atoms. The zero-order chi connectivity index (χ0) is 11.5. The molecule has 1 aromatic rings. The molecule has 1 aliphatic rings. The predicted molar refractivity (Wildman–Crippen MR) is 68.7 cm³/mol. The van der Waals surface area contributed by atoms with Gasteiger partial charge in [-0.05, 0) is 42.9 Å². The molecule has 1 unspecified atom stereocenters. The van der Waals surface area contributed by atoms with Gasteiger partial charge in [0.2, 0.25) is 0 Å². The number of nitrogens with zero attached hydrogens (tertiary/aromatic N) is 4. The number of hydrogen-bond donors (Lipinski definition) is 0. The summed E-state index contributed by atoms with van der Waals surface area (Å²) in [6.07, 6.45) is 2.79. The first-order valence-corrected chi connectivity index (χ1v) is 6.39. The number of aromatic nitrogens is 2. The summed E-state index contributed by atoms with van der Waals surface area (Å²) in [6.45, 7) is 5.56. The van der Waals surface area contributed by atoms with Gasteiger partial charge in [-0.1, -0.05) is 0 Å². The Morgan fingerprint density at radius 2 is 2.19 bits per heavy atom. The standard InChI is InChI=1S/C11H17BrN4/c1-9-7-15(2)4-3-5-16(9)11-6-10(12)13-8-14-11/h6,8-9H,3-5,7H2,1-2H3. The molecule has 1 aliphatic heterocycles. The van der Waals surface area contributed by atoms with E-state index in [9.17, 15) is 0 Å². The predicted octanol–water partition coefficient (Wildman–Crippen LogP) is 1.77. The Kier molecular flexibility index (Phi) is 3.76. The van der Waals surface area contributed by atoms with Crippen molar-refractivity contribution in [2.75, 3.05) is 31.6 Å². The summed E-state index contributed by atoms with van der Waals surface area (Å²) in [6, 6.07) is 2.48. The summed E-state index contributed by atoms with van der Waals surface area (Å²) < 4.78 is 0.849. The molecular formula is C11H17BrN4. The minimum atomic E-state index is 0.495. The molecule has 16 heavy (non-hydrogen) atoms. The van der Waals surface area contributed by atoms with E-state index in [1.54, 1.807) is 6.33 Å². The summed E-state index contributed by atoms with van der Waals surface area (Å²) in [7, 11) is 2.18. The van der Waals surface area contributed by atoms with Crippen molar-refractivity contribution in [1.82, 2.24) is 14.9 Å². The van der Waals surface area contributed by atoms with Crippen LogP contribution in [0.4, 0.5) is 5.82 Å². The molecule has 4 nitrogen and oxygen atoms in total. The first kappa shape index (κ1) is 11.8. The van der Waals surface area contributed by atoms with Gasteiger partial charge in [0, 0.05) is 25.2 Å². The Morgan fingerprint density at radius 1 is 1.38 bits per heavy atom. The second kappa shape index (κ2) is 5.10. The molecule has 88 valence electrons. The third-order valence-electron chi connectivity index (χ3n) is 2.96. The molecule has 1 atom stereocenters. The maximum Gasteiger partial charge on any atom is 0.133 e. The number of anilines is 1. The number of halogens is 1. The second-order valence-electron chi connectivity index (χ2n) is 4.36. The van der Waals surface area contributed by atoms with Gasteiger partial charge < -0.3 is 9.80 Å². The van der Waals surface area contributed by atoms with Crippen molar-refractivity contribution in [3.63, 3.8) is 0 Å². The molecule has 1 aromatic heterocycles. The van der Waals surface area contributed by atoms with Crippen molar-refractivity contribution in [3.05, 3.63) is 17.0 Å². The molecule has 0 spiro atoms. The SMILES string of the molecule is CC1CN(C)CCCN1c1cc(Br)ncn1. The van der Waals surface area contributed by atoms with E-state index in [2.05, 4.69) is 49.7 Å². The van der Waals surface area contributed by atoms with Crippen LogP contribution in [0.3, 0.4) is 0 Å². The molecule has 0 aliphatic carbocycles. The van der Waals surface area contributed by atoms with E-state index < -0.39 is 0 Å². The van der Waals surface area contributed by atoms with Gasteiger partial charge in [-0.3, -0.25) is 0 Å². The molecular weight excluding hydrogens is 268 g/mol. The largest absolute Gasteiger partial charge is 0.352 e. The fourth-order valence-electron chi connectivity index (χ4n) is 2.19.